The Morgan fingerprint density at radius 1 is 1.05 bits per heavy atom. The zero-order chi connectivity index (χ0) is 28.0. The van der Waals surface area contributed by atoms with Gasteiger partial charge >= 0.3 is 0 Å². The van der Waals surface area contributed by atoms with Crippen molar-refractivity contribution in [3.63, 3.8) is 0 Å². The molecule has 0 spiro atoms. The number of amides is 2. The van der Waals surface area contributed by atoms with Crippen LogP contribution in [0.1, 0.15) is 63.6 Å². The number of sulfonamides is 1. The van der Waals surface area contributed by atoms with Crippen LogP contribution in [0.15, 0.2) is 42.5 Å². The molecule has 0 radical (unpaired) electrons. The van der Waals surface area contributed by atoms with Crippen molar-refractivity contribution in [2.75, 3.05) is 17.1 Å². The number of carbonyl (C=O) groups excluding carboxylic acids is 2. The molecule has 204 valence electrons. The molecule has 2 rings (SSSR count). The SMILES string of the molecule is CCC(C(=O)NC(C)(C)C)N(Cc1ccc(F)cc1)C(=O)CCCN(c1cc(C)ccc1C)S(C)(=O)=O. The van der Waals surface area contributed by atoms with E-state index in [1.54, 1.807) is 12.1 Å². The normalized spacial score (nSPS) is 12.6. The van der Waals surface area contributed by atoms with Crippen molar-refractivity contribution >= 4 is 27.5 Å². The third-order valence-electron chi connectivity index (χ3n) is 5.94. The molecule has 2 aromatic rings. The van der Waals surface area contributed by atoms with Crippen LogP contribution < -0.4 is 9.62 Å². The maximum atomic E-state index is 13.5. The smallest absolute Gasteiger partial charge is 0.243 e. The molecule has 0 aromatic heterocycles. The summed E-state index contributed by atoms with van der Waals surface area (Å²) < 4.78 is 40.0. The van der Waals surface area contributed by atoms with Crippen molar-refractivity contribution in [2.24, 2.45) is 0 Å². The van der Waals surface area contributed by atoms with Gasteiger partial charge in [-0.1, -0.05) is 31.2 Å². The molecule has 1 atom stereocenters. The Labute approximate surface area is 221 Å². The predicted molar refractivity (Wildman–Crippen MR) is 146 cm³/mol. The molecule has 37 heavy (non-hydrogen) atoms. The summed E-state index contributed by atoms with van der Waals surface area (Å²) in [6.07, 6.45) is 1.88. The van der Waals surface area contributed by atoms with Gasteiger partial charge in [-0.25, -0.2) is 12.8 Å². The topological polar surface area (TPSA) is 86.8 Å². The number of aryl methyl sites for hydroxylation is 2. The van der Waals surface area contributed by atoms with E-state index in [4.69, 9.17) is 0 Å². The predicted octanol–water partition coefficient (Wildman–Crippen LogP) is 4.71. The lowest BCUT2D eigenvalue weighted by Gasteiger charge is -2.33. The Morgan fingerprint density at radius 3 is 2.22 bits per heavy atom. The lowest BCUT2D eigenvalue weighted by atomic mass is 10.0. The first-order chi connectivity index (χ1) is 17.1. The number of hydrogen-bond donors (Lipinski definition) is 1. The largest absolute Gasteiger partial charge is 0.350 e. The first-order valence-corrected chi connectivity index (χ1v) is 14.4. The number of benzene rings is 2. The van der Waals surface area contributed by atoms with Gasteiger partial charge < -0.3 is 10.2 Å². The molecule has 1 N–H and O–H groups in total. The van der Waals surface area contributed by atoms with Crippen LogP contribution >= 0.6 is 0 Å². The van der Waals surface area contributed by atoms with E-state index in [1.165, 1.54) is 21.3 Å². The molecule has 0 saturated carbocycles. The van der Waals surface area contributed by atoms with Gasteiger partial charge in [0, 0.05) is 25.0 Å². The number of rotatable bonds is 11. The molecule has 0 aliphatic heterocycles. The van der Waals surface area contributed by atoms with Crippen LogP contribution in [0, 0.1) is 19.7 Å². The van der Waals surface area contributed by atoms with E-state index in [0.29, 0.717) is 17.7 Å². The highest BCUT2D eigenvalue weighted by Gasteiger charge is 2.30. The van der Waals surface area contributed by atoms with E-state index in [2.05, 4.69) is 5.32 Å². The fraction of sp³-hybridized carbons (Fsp3) is 0.500. The molecule has 0 aliphatic carbocycles. The highest BCUT2D eigenvalue weighted by molar-refractivity contribution is 7.92. The number of nitrogens with one attached hydrogen (secondary N) is 1. The van der Waals surface area contributed by atoms with Crippen molar-refractivity contribution in [3.8, 4) is 0 Å². The molecular weight excluding hydrogens is 493 g/mol. The Kier molecular flexibility index (Phi) is 10.3. The third-order valence-corrected chi connectivity index (χ3v) is 7.12. The minimum Gasteiger partial charge on any atom is -0.350 e. The van der Waals surface area contributed by atoms with Gasteiger partial charge in [0.05, 0.1) is 11.9 Å². The van der Waals surface area contributed by atoms with Crippen molar-refractivity contribution in [3.05, 3.63) is 65.0 Å². The summed E-state index contributed by atoms with van der Waals surface area (Å²) in [5.74, 6) is -0.917. The molecular formula is C28H40FN3O4S. The zero-order valence-electron chi connectivity index (χ0n) is 23.0. The van der Waals surface area contributed by atoms with E-state index >= 15 is 0 Å². The Hall–Kier alpha value is -2.94. The molecule has 7 nitrogen and oxygen atoms in total. The van der Waals surface area contributed by atoms with Crippen LogP contribution in [-0.2, 0) is 26.2 Å². The Morgan fingerprint density at radius 2 is 1.68 bits per heavy atom. The quantitative estimate of drug-likeness (QED) is 0.453. The van der Waals surface area contributed by atoms with Gasteiger partial charge in [-0.05, 0) is 82.3 Å². The summed E-state index contributed by atoms with van der Waals surface area (Å²) in [7, 11) is -3.57. The van der Waals surface area contributed by atoms with Crippen LogP contribution in [-0.4, -0.2) is 49.5 Å². The first kappa shape index (κ1) is 30.3. The van der Waals surface area contributed by atoms with Crippen LogP contribution in [0.3, 0.4) is 0 Å². The number of halogens is 1. The van der Waals surface area contributed by atoms with E-state index in [9.17, 15) is 22.4 Å². The summed E-state index contributed by atoms with van der Waals surface area (Å²) >= 11 is 0. The molecule has 0 saturated heterocycles. The van der Waals surface area contributed by atoms with Crippen LogP contribution in [0.5, 0.6) is 0 Å². The minimum absolute atomic E-state index is 0.0530. The van der Waals surface area contributed by atoms with Crippen LogP contribution in [0.25, 0.3) is 0 Å². The number of nitrogens with zero attached hydrogens (tertiary/aromatic N) is 2. The summed E-state index contributed by atoms with van der Waals surface area (Å²) in [4.78, 5) is 28.1. The van der Waals surface area contributed by atoms with Gasteiger partial charge in [-0.3, -0.25) is 13.9 Å². The lowest BCUT2D eigenvalue weighted by Crippen LogP contribution is -2.53. The summed E-state index contributed by atoms with van der Waals surface area (Å²) in [5, 5.41) is 2.95. The maximum absolute atomic E-state index is 13.5. The number of carbonyl (C=O) groups is 2. The van der Waals surface area contributed by atoms with Crippen molar-refractivity contribution in [1.82, 2.24) is 10.2 Å². The number of hydrogen-bond acceptors (Lipinski definition) is 4. The second kappa shape index (κ2) is 12.5. The highest BCUT2D eigenvalue weighted by atomic mass is 32.2. The molecule has 2 aromatic carbocycles. The van der Waals surface area contributed by atoms with Gasteiger partial charge in [-0.15, -0.1) is 0 Å². The fourth-order valence-electron chi connectivity index (χ4n) is 4.13. The second-order valence-electron chi connectivity index (χ2n) is 10.5. The molecule has 1 unspecified atom stereocenters. The molecule has 0 fully saturated rings. The minimum atomic E-state index is -3.57. The van der Waals surface area contributed by atoms with Crippen molar-refractivity contribution in [1.29, 1.82) is 0 Å². The summed E-state index contributed by atoms with van der Waals surface area (Å²) in [6.45, 7) is 11.5. The lowest BCUT2D eigenvalue weighted by molar-refractivity contribution is -0.142. The van der Waals surface area contributed by atoms with Gasteiger partial charge in [0.15, 0.2) is 0 Å². The van der Waals surface area contributed by atoms with Gasteiger partial charge in [-0.2, -0.15) is 0 Å². The zero-order valence-corrected chi connectivity index (χ0v) is 23.8. The number of anilines is 1. The van der Waals surface area contributed by atoms with Crippen molar-refractivity contribution in [2.45, 2.75) is 78.9 Å². The first-order valence-electron chi connectivity index (χ1n) is 12.5. The average Bonchev–Trinajstić information content (AvgIpc) is 2.77. The van der Waals surface area contributed by atoms with Crippen LogP contribution in [0.2, 0.25) is 0 Å². The summed E-state index contributed by atoms with van der Waals surface area (Å²) in [5.41, 5.74) is 2.58. The molecule has 0 heterocycles. The highest BCUT2D eigenvalue weighted by Crippen LogP contribution is 2.25. The fourth-order valence-corrected chi connectivity index (χ4v) is 5.14. The van der Waals surface area contributed by atoms with E-state index in [-0.39, 0.29) is 43.6 Å². The van der Waals surface area contributed by atoms with Gasteiger partial charge in [0.25, 0.3) is 0 Å². The molecule has 0 bridgehead atoms. The van der Waals surface area contributed by atoms with Gasteiger partial charge in [0.1, 0.15) is 11.9 Å². The van der Waals surface area contributed by atoms with E-state index in [1.807, 2.05) is 59.7 Å². The Bertz CT molecular complexity index is 1190. The van der Waals surface area contributed by atoms with Gasteiger partial charge in [0.2, 0.25) is 21.8 Å². The van der Waals surface area contributed by atoms with E-state index in [0.717, 1.165) is 17.4 Å². The molecule has 9 heteroatoms. The van der Waals surface area contributed by atoms with E-state index < -0.39 is 21.6 Å². The van der Waals surface area contributed by atoms with Crippen molar-refractivity contribution < 1.29 is 22.4 Å². The average molecular weight is 534 g/mol. The maximum Gasteiger partial charge on any atom is 0.243 e. The standard InChI is InChI=1S/C28H40FN3O4S/c1-8-24(27(34)30-28(4,5)6)31(19-22-13-15-23(29)16-14-22)26(33)10-9-17-32(37(7,35)36)25-18-20(2)11-12-21(25)3/h11-16,18,24H,8-10,17,19H2,1-7H3,(H,30,34). The molecule has 0 aliphatic rings. The molecule has 2 amide bonds. The summed E-state index contributed by atoms with van der Waals surface area (Å²) in [6, 6.07) is 10.7. The monoisotopic (exact) mass is 533 g/mol. The third kappa shape index (κ3) is 9.14. The second-order valence-corrected chi connectivity index (χ2v) is 12.4. The Balaban J connectivity index is 2.27. The van der Waals surface area contributed by atoms with Crippen LogP contribution in [0.4, 0.5) is 10.1 Å².